The maximum atomic E-state index is 13.7. The third-order valence-electron chi connectivity index (χ3n) is 4.83. The molecule has 4 rings (SSSR count). The summed E-state index contributed by atoms with van der Waals surface area (Å²) in [5.74, 6) is 0.0236. The first-order chi connectivity index (χ1) is 14.4. The van der Waals surface area contributed by atoms with Crippen LogP contribution in [-0.2, 0) is 9.59 Å². The Morgan fingerprint density at radius 1 is 1.37 bits per heavy atom. The summed E-state index contributed by atoms with van der Waals surface area (Å²) < 4.78 is 13.7. The number of nitrogens with one attached hydrogen (secondary N) is 3. The number of pyridine rings is 1. The number of carbonyl (C=O) groups is 2. The number of hydrogen-bond donors (Lipinski definition) is 3. The van der Waals surface area contributed by atoms with Gasteiger partial charge in [0.1, 0.15) is 17.4 Å². The topological polar surface area (TPSA) is 98.7 Å². The molecule has 0 aromatic carbocycles. The van der Waals surface area contributed by atoms with Gasteiger partial charge in [0, 0.05) is 36.5 Å². The monoisotopic (exact) mass is 408 g/mol. The van der Waals surface area contributed by atoms with E-state index in [1.54, 1.807) is 18.2 Å². The van der Waals surface area contributed by atoms with Gasteiger partial charge in [-0.25, -0.2) is 4.98 Å². The first-order valence-electron chi connectivity index (χ1n) is 9.53. The highest BCUT2D eigenvalue weighted by Crippen LogP contribution is 2.28. The Kier molecular flexibility index (Phi) is 5.18. The lowest BCUT2D eigenvalue weighted by Gasteiger charge is -2.31. The van der Waals surface area contributed by atoms with Crippen molar-refractivity contribution in [1.82, 2.24) is 25.8 Å². The van der Waals surface area contributed by atoms with Crippen molar-refractivity contribution in [3.63, 3.8) is 0 Å². The van der Waals surface area contributed by atoms with E-state index in [0.717, 1.165) is 12.8 Å². The number of piperazine rings is 1. The molecular weight excluding hydrogens is 387 g/mol. The second kappa shape index (κ2) is 7.94. The molecule has 0 radical (unpaired) electrons. The molecule has 9 heteroatoms. The van der Waals surface area contributed by atoms with Gasteiger partial charge in [-0.15, -0.1) is 0 Å². The molecule has 0 unspecified atom stereocenters. The Bertz CT molecular complexity index is 1050. The molecule has 8 nitrogen and oxygen atoms in total. The normalized spacial score (nSPS) is 23.5. The lowest BCUT2D eigenvalue weighted by molar-refractivity contribution is -0.127. The summed E-state index contributed by atoms with van der Waals surface area (Å²) >= 11 is 0. The number of nitrogens with zero attached hydrogens (tertiary/aromatic N) is 3. The highest BCUT2D eigenvalue weighted by atomic mass is 19.1. The van der Waals surface area contributed by atoms with Crippen molar-refractivity contribution in [2.75, 3.05) is 13.6 Å². The first kappa shape index (κ1) is 19.6. The fourth-order valence-corrected chi connectivity index (χ4v) is 3.08. The zero-order chi connectivity index (χ0) is 21.3. The van der Waals surface area contributed by atoms with E-state index >= 15 is 0 Å². The number of likely N-dealkylation sites (N-methyl/N-ethyl adjacent to an activating group) is 1. The molecular formula is C21H21FN6O2. The number of allylic oxidation sites excluding steroid dienone is 3. The van der Waals surface area contributed by atoms with Crippen LogP contribution in [0.15, 0.2) is 65.2 Å². The van der Waals surface area contributed by atoms with E-state index in [-0.39, 0.29) is 30.1 Å². The molecule has 3 aliphatic rings. The Morgan fingerprint density at radius 3 is 2.87 bits per heavy atom. The van der Waals surface area contributed by atoms with Crippen molar-refractivity contribution < 1.29 is 14.0 Å². The Hall–Kier alpha value is -3.75. The SMILES string of the molecule is C=CC(/C=C1\NC(=O)CNC1=O)=C1/NC(c2ccnc(F)c2)=CC(=NC2CC2)N1C. The lowest BCUT2D eigenvalue weighted by Crippen LogP contribution is -2.47. The van der Waals surface area contributed by atoms with Crippen molar-refractivity contribution in [1.29, 1.82) is 0 Å². The highest BCUT2D eigenvalue weighted by Gasteiger charge is 2.27. The summed E-state index contributed by atoms with van der Waals surface area (Å²) in [6, 6.07) is 3.29. The van der Waals surface area contributed by atoms with Crippen molar-refractivity contribution in [3.05, 3.63) is 71.7 Å². The van der Waals surface area contributed by atoms with Crippen molar-refractivity contribution >= 4 is 23.3 Å². The summed E-state index contributed by atoms with van der Waals surface area (Å²) in [6.45, 7) is 3.79. The number of carbonyl (C=O) groups excluding carboxylic acids is 2. The molecule has 2 fully saturated rings. The zero-order valence-electron chi connectivity index (χ0n) is 16.4. The van der Waals surface area contributed by atoms with E-state index < -0.39 is 5.95 Å². The molecule has 3 N–H and O–H groups in total. The maximum Gasteiger partial charge on any atom is 0.268 e. The van der Waals surface area contributed by atoms with Gasteiger partial charge in [-0.3, -0.25) is 14.6 Å². The molecule has 1 aliphatic carbocycles. The molecule has 154 valence electrons. The summed E-state index contributed by atoms with van der Waals surface area (Å²) in [7, 11) is 1.84. The molecule has 2 amide bonds. The lowest BCUT2D eigenvalue weighted by atomic mass is 10.1. The molecule has 0 atom stereocenters. The van der Waals surface area contributed by atoms with E-state index in [2.05, 4.69) is 27.5 Å². The third kappa shape index (κ3) is 4.14. The zero-order valence-corrected chi connectivity index (χ0v) is 16.4. The average molecular weight is 408 g/mol. The van der Waals surface area contributed by atoms with Crippen LogP contribution in [0.3, 0.4) is 0 Å². The number of hydrogen-bond acceptors (Lipinski definition) is 5. The number of aliphatic imine (C=N–C) groups is 1. The molecule has 0 bridgehead atoms. The minimum Gasteiger partial charge on any atom is -0.342 e. The van der Waals surface area contributed by atoms with Gasteiger partial charge in [-0.05, 0) is 25.0 Å². The molecule has 1 aromatic rings. The summed E-state index contributed by atoms with van der Waals surface area (Å²) in [6.07, 6.45) is 8.42. The van der Waals surface area contributed by atoms with Gasteiger partial charge in [0.25, 0.3) is 5.91 Å². The van der Waals surface area contributed by atoms with Gasteiger partial charge in [0.2, 0.25) is 11.9 Å². The number of halogens is 1. The summed E-state index contributed by atoms with van der Waals surface area (Å²) in [4.78, 5) is 34.0. The molecule has 2 aliphatic heterocycles. The minimum atomic E-state index is -0.590. The predicted molar refractivity (Wildman–Crippen MR) is 110 cm³/mol. The predicted octanol–water partition coefficient (Wildman–Crippen LogP) is 1.18. The van der Waals surface area contributed by atoms with Crippen molar-refractivity contribution in [3.8, 4) is 0 Å². The van der Waals surface area contributed by atoms with Crippen LogP contribution in [-0.4, -0.2) is 47.2 Å². The number of aromatic nitrogens is 1. The van der Waals surface area contributed by atoms with Crippen LogP contribution in [0.25, 0.3) is 5.70 Å². The van der Waals surface area contributed by atoms with Gasteiger partial charge in [0.05, 0.1) is 18.3 Å². The Morgan fingerprint density at radius 2 is 2.17 bits per heavy atom. The average Bonchev–Trinajstić information content (AvgIpc) is 3.54. The Labute approximate surface area is 173 Å². The van der Waals surface area contributed by atoms with Crippen LogP contribution in [0, 0.1) is 5.95 Å². The van der Waals surface area contributed by atoms with Gasteiger partial charge in [-0.1, -0.05) is 12.7 Å². The molecule has 1 saturated heterocycles. The maximum absolute atomic E-state index is 13.7. The third-order valence-corrected chi connectivity index (χ3v) is 4.83. The largest absolute Gasteiger partial charge is 0.342 e. The standard InChI is InChI=1S/C21H21FN6O2/c1-3-12(8-16-21(30)24-11-19(29)26-16)20-27-15(13-6-7-23-17(22)9-13)10-18(28(20)2)25-14-4-5-14/h3,6-10,14,27H,1,4-5,11H2,2H3,(H,24,30)(H,26,29)/b16-8-,20-12+,25-18?. The molecule has 30 heavy (non-hydrogen) atoms. The quantitative estimate of drug-likeness (QED) is 0.514. The molecule has 1 aromatic heterocycles. The van der Waals surface area contributed by atoms with E-state index in [1.807, 2.05) is 18.0 Å². The number of amides is 2. The molecule has 1 saturated carbocycles. The van der Waals surface area contributed by atoms with E-state index in [4.69, 9.17) is 4.99 Å². The van der Waals surface area contributed by atoms with Crippen molar-refractivity contribution in [2.24, 2.45) is 4.99 Å². The second-order valence-electron chi connectivity index (χ2n) is 7.12. The summed E-state index contributed by atoms with van der Waals surface area (Å²) in [5, 5.41) is 8.35. The Balaban J connectivity index is 1.79. The first-order valence-corrected chi connectivity index (χ1v) is 9.53. The smallest absolute Gasteiger partial charge is 0.268 e. The molecule has 3 heterocycles. The van der Waals surface area contributed by atoms with Crippen molar-refractivity contribution in [2.45, 2.75) is 18.9 Å². The fraction of sp³-hybridized carbons (Fsp3) is 0.238. The number of amidine groups is 1. The minimum absolute atomic E-state index is 0.0625. The van der Waals surface area contributed by atoms with Gasteiger partial charge >= 0.3 is 0 Å². The van der Waals surface area contributed by atoms with E-state index in [0.29, 0.717) is 28.5 Å². The van der Waals surface area contributed by atoms with Gasteiger partial charge < -0.3 is 20.9 Å². The van der Waals surface area contributed by atoms with Gasteiger partial charge in [0.15, 0.2) is 0 Å². The molecule has 0 spiro atoms. The highest BCUT2D eigenvalue weighted by molar-refractivity contribution is 6.04. The van der Waals surface area contributed by atoms with Crippen LogP contribution < -0.4 is 16.0 Å². The van der Waals surface area contributed by atoms with Crippen LogP contribution in [0.4, 0.5) is 4.39 Å². The summed E-state index contributed by atoms with van der Waals surface area (Å²) in [5.41, 5.74) is 1.93. The van der Waals surface area contributed by atoms with Crippen LogP contribution in [0.5, 0.6) is 0 Å². The van der Waals surface area contributed by atoms with Crippen LogP contribution in [0.2, 0.25) is 0 Å². The second-order valence-corrected chi connectivity index (χ2v) is 7.12. The van der Waals surface area contributed by atoms with E-state index in [1.165, 1.54) is 12.3 Å². The van der Waals surface area contributed by atoms with Gasteiger partial charge in [-0.2, -0.15) is 4.39 Å². The van der Waals surface area contributed by atoms with E-state index in [9.17, 15) is 14.0 Å². The van der Waals surface area contributed by atoms with Crippen LogP contribution >= 0.6 is 0 Å². The van der Waals surface area contributed by atoms with Crippen LogP contribution in [0.1, 0.15) is 18.4 Å². The number of rotatable bonds is 4. The fourth-order valence-electron chi connectivity index (χ4n) is 3.08.